The van der Waals surface area contributed by atoms with Crippen molar-refractivity contribution in [2.75, 3.05) is 0 Å². The summed E-state index contributed by atoms with van der Waals surface area (Å²) >= 11 is 0. The molecule has 0 aliphatic rings. The van der Waals surface area contributed by atoms with Crippen LogP contribution in [0.4, 0.5) is 0 Å². The summed E-state index contributed by atoms with van der Waals surface area (Å²) in [5, 5.41) is 0. The third-order valence-electron chi connectivity index (χ3n) is 4.46. The number of hydrogen-bond acceptors (Lipinski definition) is 1. The van der Waals surface area contributed by atoms with Gasteiger partial charge in [-0.05, 0) is 43.2 Å². The monoisotopic (exact) mass is 275 g/mol. The summed E-state index contributed by atoms with van der Waals surface area (Å²) in [6.07, 6.45) is 15.3. The SMILES string of the molecule is CCCCC(CCCC)(CCCC)Cc1ccccn1. The molecular formula is C19H33N. The number of rotatable bonds is 11. The Balaban J connectivity index is 2.81. The minimum atomic E-state index is 0.496. The standard InChI is InChI=1S/C19H33N/c1-4-7-13-19(14-8-5-2,15-9-6-3)17-18-12-10-11-16-20-18/h10-12,16H,4-9,13-15,17H2,1-3H3. The fraction of sp³-hybridized carbons (Fsp3) is 0.737. The van der Waals surface area contributed by atoms with Crippen LogP contribution in [0.5, 0.6) is 0 Å². The Morgan fingerprint density at radius 3 is 1.80 bits per heavy atom. The summed E-state index contributed by atoms with van der Waals surface area (Å²) in [6, 6.07) is 6.36. The van der Waals surface area contributed by atoms with Crippen LogP contribution in [0.25, 0.3) is 0 Å². The third kappa shape index (κ3) is 6.07. The van der Waals surface area contributed by atoms with Gasteiger partial charge in [0.1, 0.15) is 0 Å². The van der Waals surface area contributed by atoms with E-state index in [0.29, 0.717) is 5.41 Å². The van der Waals surface area contributed by atoms with Gasteiger partial charge in [0.15, 0.2) is 0 Å². The predicted molar refractivity (Wildman–Crippen MR) is 88.9 cm³/mol. The largest absolute Gasteiger partial charge is 0.261 e. The molecule has 0 saturated carbocycles. The van der Waals surface area contributed by atoms with Gasteiger partial charge in [0, 0.05) is 11.9 Å². The summed E-state index contributed by atoms with van der Waals surface area (Å²) in [4.78, 5) is 4.59. The lowest BCUT2D eigenvalue weighted by Gasteiger charge is -2.34. The maximum Gasteiger partial charge on any atom is 0.0409 e. The minimum absolute atomic E-state index is 0.496. The van der Waals surface area contributed by atoms with Gasteiger partial charge in [0.2, 0.25) is 0 Å². The highest BCUT2D eigenvalue weighted by atomic mass is 14.7. The quantitative estimate of drug-likeness (QED) is 0.470. The first-order valence-corrected chi connectivity index (χ1v) is 8.66. The maximum atomic E-state index is 4.59. The Hall–Kier alpha value is -0.850. The van der Waals surface area contributed by atoms with Crippen LogP contribution in [0.15, 0.2) is 24.4 Å². The van der Waals surface area contributed by atoms with E-state index in [1.807, 2.05) is 12.3 Å². The van der Waals surface area contributed by atoms with Gasteiger partial charge in [0.25, 0.3) is 0 Å². The number of hydrogen-bond donors (Lipinski definition) is 0. The molecular weight excluding hydrogens is 242 g/mol. The van der Waals surface area contributed by atoms with E-state index < -0.39 is 0 Å². The molecule has 1 heteroatoms. The van der Waals surface area contributed by atoms with E-state index in [1.54, 1.807) is 0 Å². The van der Waals surface area contributed by atoms with E-state index in [-0.39, 0.29) is 0 Å². The number of aromatic nitrogens is 1. The Bertz CT molecular complexity index is 309. The van der Waals surface area contributed by atoms with Crippen LogP contribution in [0.3, 0.4) is 0 Å². The van der Waals surface area contributed by atoms with Gasteiger partial charge >= 0.3 is 0 Å². The highest BCUT2D eigenvalue weighted by Gasteiger charge is 2.29. The predicted octanol–water partition coefficient (Wildman–Crippen LogP) is 6.18. The molecule has 0 N–H and O–H groups in total. The summed E-state index contributed by atoms with van der Waals surface area (Å²) in [5.41, 5.74) is 1.78. The Labute approximate surface area is 126 Å². The zero-order valence-electron chi connectivity index (χ0n) is 13.8. The van der Waals surface area contributed by atoms with Gasteiger partial charge in [-0.25, -0.2) is 0 Å². The summed E-state index contributed by atoms with van der Waals surface area (Å²) in [5.74, 6) is 0. The van der Waals surface area contributed by atoms with Gasteiger partial charge in [0.05, 0.1) is 0 Å². The van der Waals surface area contributed by atoms with Crippen LogP contribution in [0.1, 0.15) is 84.3 Å². The van der Waals surface area contributed by atoms with Crippen LogP contribution in [-0.4, -0.2) is 4.98 Å². The fourth-order valence-electron chi connectivity index (χ4n) is 3.18. The normalized spacial score (nSPS) is 11.8. The lowest BCUT2D eigenvalue weighted by Crippen LogP contribution is -2.24. The molecule has 0 bridgehead atoms. The van der Waals surface area contributed by atoms with Crippen LogP contribution in [0.2, 0.25) is 0 Å². The molecule has 1 heterocycles. The van der Waals surface area contributed by atoms with Crippen LogP contribution in [0, 0.1) is 5.41 Å². The molecule has 0 fully saturated rings. The molecule has 114 valence electrons. The van der Waals surface area contributed by atoms with Crippen molar-refractivity contribution in [3.63, 3.8) is 0 Å². The molecule has 0 aliphatic heterocycles. The molecule has 1 nitrogen and oxygen atoms in total. The molecule has 20 heavy (non-hydrogen) atoms. The first-order valence-electron chi connectivity index (χ1n) is 8.66. The summed E-state index contributed by atoms with van der Waals surface area (Å²) in [6.45, 7) is 6.93. The lowest BCUT2D eigenvalue weighted by atomic mass is 9.71. The molecule has 1 aromatic heterocycles. The van der Waals surface area contributed by atoms with Crippen molar-refractivity contribution in [2.45, 2.75) is 85.0 Å². The number of pyridine rings is 1. The van der Waals surface area contributed by atoms with Crippen molar-refractivity contribution in [3.05, 3.63) is 30.1 Å². The van der Waals surface area contributed by atoms with Crippen LogP contribution in [-0.2, 0) is 6.42 Å². The molecule has 0 radical (unpaired) electrons. The molecule has 0 saturated heterocycles. The topological polar surface area (TPSA) is 12.9 Å². The van der Waals surface area contributed by atoms with Gasteiger partial charge in [-0.15, -0.1) is 0 Å². The first-order chi connectivity index (χ1) is 9.76. The van der Waals surface area contributed by atoms with E-state index in [9.17, 15) is 0 Å². The first kappa shape index (κ1) is 17.2. The lowest BCUT2D eigenvalue weighted by molar-refractivity contribution is 0.196. The minimum Gasteiger partial charge on any atom is -0.261 e. The average molecular weight is 275 g/mol. The smallest absolute Gasteiger partial charge is 0.0409 e. The second kappa shape index (κ2) is 9.96. The Kier molecular flexibility index (Phi) is 8.57. The summed E-state index contributed by atoms with van der Waals surface area (Å²) in [7, 11) is 0. The zero-order chi connectivity index (χ0) is 14.7. The van der Waals surface area contributed by atoms with E-state index in [2.05, 4.69) is 37.9 Å². The third-order valence-corrected chi connectivity index (χ3v) is 4.46. The van der Waals surface area contributed by atoms with E-state index in [4.69, 9.17) is 0 Å². The highest BCUT2D eigenvalue weighted by molar-refractivity contribution is 5.06. The second-order valence-electron chi connectivity index (χ2n) is 6.31. The van der Waals surface area contributed by atoms with Crippen LogP contribution < -0.4 is 0 Å². The second-order valence-corrected chi connectivity index (χ2v) is 6.31. The van der Waals surface area contributed by atoms with Crippen LogP contribution >= 0.6 is 0 Å². The number of unbranched alkanes of at least 4 members (excludes halogenated alkanes) is 3. The molecule has 1 aromatic rings. The van der Waals surface area contributed by atoms with E-state index >= 15 is 0 Å². The molecule has 1 rings (SSSR count). The highest BCUT2D eigenvalue weighted by Crippen LogP contribution is 2.39. The molecule has 0 aliphatic carbocycles. The Morgan fingerprint density at radius 1 is 0.850 bits per heavy atom. The van der Waals surface area contributed by atoms with Gasteiger partial charge in [-0.3, -0.25) is 4.98 Å². The zero-order valence-corrected chi connectivity index (χ0v) is 13.8. The van der Waals surface area contributed by atoms with Gasteiger partial charge in [-0.1, -0.05) is 65.4 Å². The van der Waals surface area contributed by atoms with E-state index in [1.165, 1.54) is 69.9 Å². The average Bonchev–Trinajstić information content (AvgIpc) is 2.49. The van der Waals surface area contributed by atoms with Crippen molar-refractivity contribution < 1.29 is 0 Å². The van der Waals surface area contributed by atoms with Crippen molar-refractivity contribution in [1.82, 2.24) is 4.98 Å². The maximum absolute atomic E-state index is 4.59. The van der Waals surface area contributed by atoms with Crippen molar-refractivity contribution >= 4 is 0 Å². The number of nitrogens with zero attached hydrogens (tertiary/aromatic N) is 1. The molecule has 0 aromatic carbocycles. The molecule has 0 atom stereocenters. The summed E-state index contributed by atoms with van der Waals surface area (Å²) < 4.78 is 0. The molecule has 0 unspecified atom stereocenters. The van der Waals surface area contributed by atoms with Crippen molar-refractivity contribution in [2.24, 2.45) is 5.41 Å². The van der Waals surface area contributed by atoms with Crippen molar-refractivity contribution in [1.29, 1.82) is 0 Å². The Morgan fingerprint density at radius 2 is 1.40 bits per heavy atom. The van der Waals surface area contributed by atoms with Gasteiger partial charge < -0.3 is 0 Å². The molecule has 0 amide bonds. The molecule has 0 spiro atoms. The fourth-order valence-corrected chi connectivity index (χ4v) is 3.18. The van der Waals surface area contributed by atoms with Gasteiger partial charge in [-0.2, -0.15) is 0 Å². The van der Waals surface area contributed by atoms with E-state index in [0.717, 1.165) is 0 Å². The van der Waals surface area contributed by atoms with Crippen molar-refractivity contribution in [3.8, 4) is 0 Å².